The molecule has 9 heteroatoms. The molecule has 0 bridgehead atoms. The average molecular weight is 396 g/mol. The van der Waals surface area contributed by atoms with Gasteiger partial charge < -0.3 is 15.2 Å². The second-order valence-corrected chi connectivity index (χ2v) is 5.87. The SMILES string of the molecule is Cc1ccc(Oc2c(F)cc(C(F)(F)F)cc2F)c(NCC(O)CCl)c1. The first-order valence-electron chi connectivity index (χ1n) is 7.44. The number of benzene rings is 2. The molecule has 2 aromatic rings. The summed E-state index contributed by atoms with van der Waals surface area (Å²) in [5.74, 6) is -3.97. The second-order valence-electron chi connectivity index (χ2n) is 5.56. The van der Waals surface area contributed by atoms with Crippen LogP contribution in [-0.2, 0) is 6.18 Å². The van der Waals surface area contributed by atoms with Gasteiger partial charge in [-0.25, -0.2) is 8.78 Å². The van der Waals surface area contributed by atoms with E-state index < -0.39 is 35.2 Å². The van der Waals surface area contributed by atoms with Gasteiger partial charge in [-0.15, -0.1) is 11.6 Å². The Balaban J connectivity index is 2.34. The summed E-state index contributed by atoms with van der Waals surface area (Å²) in [6.45, 7) is 1.80. The molecule has 0 aliphatic rings. The van der Waals surface area contributed by atoms with Gasteiger partial charge in [-0.3, -0.25) is 0 Å². The number of halogens is 6. The number of alkyl halides is 4. The highest BCUT2D eigenvalue weighted by molar-refractivity contribution is 6.18. The monoisotopic (exact) mass is 395 g/mol. The number of aliphatic hydroxyl groups excluding tert-OH is 1. The van der Waals surface area contributed by atoms with Crippen LogP contribution < -0.4 is 10.1 Å². The lowest BCUT2D eigenvalue weighted by molar-refractivity contribution is -0.138. The Bertz CT molecular complexity index is 759. The Labute approximate surface area is 151 Å². The minimum Gasteiger partial charge on any atom is -0.449 e. The van der Waals surface area contributed by atoms with Gasteiger partial charge in [-0.2, -0.15) is 13.2 Å². The average Bonchev–Trinajstić information content (AvgIpc) is 2.56. The van der Waals surface area contributed by atoms with Crippen LogP contribution in [0.1, 0.15) is 11.1 Å². The molecule has 0 fully saturated rings. The van der Waals surface area contributed by atoms with Gasteiger partial charge in [0.15, 0.2) is 23.1 Å². The van der Waals surface area contributed by atoms with E-state index in [1.165, 1.54) is 6.07 Å². The van der Waals surface area contributed by atoms with E-state index in [2.05, 4.69) is 5.32 Å². The lowest BCUT2D eigenvalue weighted by Gasteiger charge is -2.17. The normalized spacial score (nSPS) is 12.8. The van der Waals surface area contributed by atoms with Crippen molar-refractivity contribution >= 4 is 17.3 Å². The van der Waals surface area contributed by atoms with Crippen LogP contribution in [0.2, 0.25) is 0 Å². The standard InChI is InChI=1S/C17H15ClF5NO2/c1-9-2-3-15(14(4-9)24-8-11(25)7-18)26-16-12(19)5-10(6-13(16)20)17(21,22)23/h2-6,11,24-25H,7-8H2,1H3. The molecule has 0 aliphatic carbocycles. The van der Waals surface area contributed by atoms with E-state index in [-0.39, 0.29) is 30.3 Å². The van der Waals surface area contributed by atoms with Crippen molar-refractivity contribution in [1.82, 2.24) is 0 Å². The Kier molecular flexibility index (Phi) is 6.30. The first kappa shape index (κ1) is 20.3. The van der Waals surface area contributed by atoms with Crippen LogP contribution in [0.4, 0.5) is 27.6 Å². The van der Waals surface area contributed by atoms with Crippen LogP contribution in [0.25, 0.3) is 0 Å². The Hall–Kier alpha value is -2.06. The van der Waals surface area contributed by atoms with E-state index in [1.54, 1.807) is 19.1 Å². The van der Waals surface area contributed by atoms with E-state index in [4.69, 9.17) is 16.3 Å². The summed E-state index contributed by atoms with van der Waals surface area (Å²) in [5.41, 5.74) is -0.367. The van der Waals surface area contributed by atoms with Gasteiger partial charge in [0, 0.05) is 6.54 Å². The lowest BCUT2D eigenvalue weighted by Crippen LogP contribution is -2.21. The molecule has 0 saturated heterocycles. The molecule has 142 valence electrons. The zero-order valence-electron chi connectivity index (χ0n) is 13.5. The number of ether oxygens (including phenoxy) is 1. The molecule has 0 heterocycles. The predicted octanol–water partition coefficient (Wildman–Crippen LogP) is 5.10. The number of rotatable bonds is 6. The molecule has 0 spiro atoms. The first-order valence-corrected chi connectivity index (χ1v) is 7.98. The Morgan fingerprint density at radius 1 is 1.15 bits per heavy atom. The number of anilines is 1. The highest BCUT2D eigenvalue weighted by Crippen LogP contribution is 2.37. The van der Waals surface area contributed by atoms with Gasteiger partial charge >= 0.3 is 6.18 Å². The van der Waals surface area contributed by atoms with Crippen molar-refractivity contribution < 1.29 is 31.8 Å². The molecule has 2 N–H and O–H groups in total. The van der Waals surface area contributed by atoms with Gasteiger partial charge in [-0.1, -0.05) is 6.07 Å². The summed E-state index contributed by atoms with van der Waals surface area (Å²) in [6, 6.07) is 4.92. The van der Waals surface area contributed by atoms with Crippen molar-refractivity contribution in [3.63, 3.8) is 0 Å². The Morgan fingerprint density at radius 2 is 1.77 bits per heavy atom. The molecule has 0 aromatic heterocycles. The van der Waals surface area contributed by atoms with E-state index in [1.807, 2.05) is 0 Å². The molecule has 0 radical (unpaired) electrons. The minimum absolute atomic E-state index is 0.0186. The van der Waals surface area contributed by atoms with Crippen molar-refractivity contribution in [3.8, 4) is 11.5 Å². The Morgan fingerprint density at radius 3 is 2.31 bits per heavy atom. The number of hydrogen-bond acceptors (Lipinski definition) is 3. The maximum atomic E-state index is 14.0. The zero-order valence-corrected chi connectivity index (χ0v) is 14.3. The van der Waals surface area contributed by atoms with Gasteiger partial charge in [0.05, 0.1) is 23.2 Å². The number of aliphatic hydroxyl groups is 1. The minimum atomic E-state index is -4.88. The summed E-state index contributed by atoms with van der Waals surface area (Å²) in [6.07, 6.45) is -5.75. The third-order valence-electron chi connectivity index (χ3n) is 3.38. The molecule has 0 saturated carbocycles. The smallest absolute Gasteiger partial charge is 0.416 e. The highest BCUT2D eigenvalue weighted by Gasteiger charge is 2.33. The fourth-order valence-corrected chi connectivity index (χ4v) is 2.19. The molecular weight excluding hydrogens is 381 g/mol. The van der Waals surface area contributed by atoms with E-state index in [9.17, 15) is 27.1 Å². The topological polar surface area (TPSA) is 41.5 Å². The van der Waals surface area contributed by atoms with Crippen molar-refractivity contribution in [2.45, 2.75) is 19.2 Å². The van der Waals surface area contributed by atoms with Gasteiger partial charge in [-0.05, 0) is 36.8 Å². The third-order valence-corrected chi connectivity index (χ3v) is 3.74. The first-order chi connectivity index (χ1) is 12.1. The van der Waals surface area contributed by atoms with Crippen molar-refractivity contribution in [2.24, 2.45) is 0 Å². The molecule has 0 aliphatic heterocycles. The van der Waals surface area contributed by atoms with Crippen molar-refractivity contribution in [1.29, 1.82) is 0 Å². The number of nitrogens with one attached hydrogen (secondary N) is 1. The zero-order chi connectivity index (χ0) is 19.5. The maximum Gasteiger partial charge on any atom is 0.416 e. The largest absolute Gasteiger partial charge is 0.449 e. The van der Waals surface area contributed by atoms with Crippen molar-refractivity contribution in [3.05, 3.63) is 53.1 Å². The van der Waals surface area contributed by atoms with Crippen LogP contribution in [-0.4, -0.2) is 23.6 Å². The maximum absolute atomic E-state index is 14.0. The van der Waals surface area contributed by atoms with Crippen LogP contribution in [0.5, 0.6) is 11.5 Å². The second kappa shape index (κ2) is 8.09. The predicted molar refractivity (Wildman–Crippen MR) is 87.8 cm³/mol. The van der Waals surface area contributed by atoms with E-state index in [0.29, 0.717) is 5.69 Å². The molecule has 0 amide bonds. The summed E-state index contributed by atoms with van der Waals surface area (Å²) in [4.78, 5) is 0. The summed E-state index contributed by atoms with van der Waals surface area (Å²) in [7, 11) is 0. The molecule has 2 aromatic carbocycles. The molecular formula is C17H15ClF5NO2. The molecule has 1 unspecified atom stereocenters. The fourth-order valence-electron chi connectivity index (χ4n) is 2.08. The number of hydrogen-bond donors (Lipinski definition) is 2. The van der Waals surface area contributed by atoms with Crippen LogP contribution in [0.3, 0.4) is 0 Å². The van der Waals surface area contributed by atoms with Gasteiger partial charge in [0.2, 0.25) is 0 Å². The quantitative estimate of drug-likeness (QED) is 0.528. The molecule has 1 atom stereocenters. The summed E-state index contributed by atoms with van der Waals surface area (Å²) in [5, 5.41) is 12.3. The van der Waals surface area contributed by atoms with Crippen molar-refractivity contribution in [2.75, 3.05) is 17.7 Å². The van der Waals surface area contributed by atoms with Gasteiger partial charge in [0.25, 0.3) is 0 Å². The molecule has 3 nitrogen and oxygen atoms in total. The third kappa shape index (κ3) is 4.98. The van der Waals surface area contributed by atoms with Crippen LogP contribution in [0.15, 0.2) is 30.3 Å². The van der Waals surface area contributed by atoms with Crippen LogP contribution in [0, 0.1) is 18.6 Å². The summed E-state index contributed by atoms with van der Waals surface area (Å²) >= 11 is 5.50. The molecule has 2 rings (SSSR count). The van der Waals surface area contributed by atoms with Crippen LogP contribution >= 0.6 is 11.6 Å². The van der Waals surface area contributed by atoms with E-state index >= 15 is 0 Å². The molecule has 26 heavy (non-hydrogen) atoms. The summed E-state index contributed by atoms with van der Waals surface area (Å²) < 4.78 is 70.9. The van der Waals surface area contributed by atoms with E-state index in [0.717, 1.165) is 5.56 Å². The number of aryl methyl sites for hydroxylation is 1. The highest BCUT2D eigenvalue weighted by atomic mass is 35.5. The fraction of sp³-hybridized carbons (Fsp3) is 0.294. The van der Waals surface area contributed by atoms with Gasteiger partial charge in [0.1, 0.15) is 0 Å². The lowest BCUT2D eigenvalue weighted by atomic mass is 10.1.